The first kappa shape index (κ1) is 9.51. The maximum Gasteiger partial charge on any atom is 0.00387 e. The topological polar surface area (TPSA) is 3.24 Å². The molecule has 2 fully saturated rings. The fourth-order valence-corrected chi connectivity index (χ4v) is 3.10. The molecule has 1 saturated carbocycles. The number of hydrogen-bond acceptors (Lipinski definition) is 1. The van der Waals surface area contributed by atoms with E-state index >= 15 is 0 Å². The van der Waals surface area contributed by atoms with Crippen molar-refractivity contribution >= 4 is 0 Å². The number of nitrogens with zero attached hydrogens (tertiary/aromatic N) is 1. The summed E-state index contributed by atoms with van der Waals surface area (Å²) in [5.74, 6) is 2.13. The van der Waals surface area contributed by atoms with E-state index < -0.39 is 0 Å². The van der Waals surface area contributed by atoms with Crippen molar-refractivity contribution in [3.8, 4) is 0 Å². The molecule has 0 aromatic carbocycles. The Hall–Kier alpha value is -0.0400. The lowest BCUT2D eigenvalue weighted by Gasteiger charge is -2.42. The van der Waals surface area contributed by atoms with Gasteiger partial charge in [-0.2, -0.15) is 0 Å². The lowest BCUT2D eigenvalue weighted by atomic mass is 9.75. The molecule has 0 bridgehead atoms. The van der Waals surface area contributed by atoms with Gasteiger partial charge in [-0.15, -0.1) is 0 Å². The maximum atomic E-state index is 2.67. The van der Waals surface area contributed by atoms with Crippen LogP contribution in [-0.4, -0.2) is 24.0 Å². The molecule has 1 nitrogen and oxygen atoms in total. The molecular weight excluding hydrogens is 158 g/mol. The van der Waals surface area contributed by atoms with Crippen LogP contribution in [0, 0.1) is 11.8 Å². The molecule has 76 valence electrons. The Labute approximate surface area is 82.5 Å². The van der Waals surface area contributed by atoms with Crippen LogP contribution in [0.2, 0.25) is 0 Å². The molecule has 1 heterocycles. The number of likely N-dealkylation sites (tertiary alicyclic amines) is 1. The predicted molar refractivity (Wildman–Crippen MR) is 56.8 cm³/mol. The van der Waals surface area contributed by atoms with E-state index in [0.29, 0.717) is 0 Å². The van der Waals surface area contributed by atoms with E-state index in [0.717, 1.165) is 17.9 Å². The summed E-state index contributed by atoms with van der Waals surface area (Å²) in [4.78, 5) is 2.67. The maximum absolute atomic E-state index is 2.67. The second kappa shape index (κ2) is 4.00. The van der Waals surface area contributed by atoms with Crippen molar-refractivity contribution in [3.63, 3.8) is 0 Å². The van der Waals surface area contributed by atoms with Crippen LogP contribution < -0.4 is 0 Å². The molecule has 1 heteroatoms. The summed E-state index contributed by atoms with van der Waals surface area (Å²) >= 11 is 0. The van der Waals surface area contributed by atoms with Crippen molar-refractivity contribution in [2.75, 3.05) is 13.1 Å². The quantitative estimate of drug-likeness (QED) is 0.601. The molecule has 2 aliphatic rings. The highest BCUT2D eigenvalue weighted by molar-refractivity contribution is 4.84. The molecule has 13 heavy (non-hydrogen) atoms. The van der Waals surface area contributed by atoms with Gasteiger partial charge >= 0.3 is 0 Å². The Bertz CT molecular complexity index is 165. The zero-order valence-corrected chi connectivity index (χ0v) is 9.13. The second-order valence-corrected chi connectivity index (χ2v) is 5.18. The summed E-state index contributed by atoms with van der Waals surface area (Å²) < 4.78 is 0. The van der Waals surface area contributed by atoms with E-state index in [1.54, 1.807) is 0 Å². The van der Waals surface area contributed by atoms with Crippen LogP contribution in [-0.2, 0) is 0 Å². The molecule has 1 aliphatic carbocycles. The van der Waals surface area contributed by atoms with Gasteiger partial charge < -0.3 is 4.90 Å². The smallest absolute Gasteiger partial charge is 0.00387 e. The standard InChI is InChI=1S/C12H23N/c1-10(2)13-8-7-11-5-3-4-6-12(11)9-13/h10-12H,3-9H2,1-2H3/t11-,12+/m0/s1. The second-order valence-electron chi connectivity index (χ2n) is 5.18. The highest BCUT2D eigenvalue weighted by atomic mass is 15.2. The van der Waals surface area contributed by atoms with Gasteiger partial charge in [0.2, 0.25) is 0 Å². The summed E-state index contributed by atoms with van der Waals surface area (Å²) in [7, 11) is 0. The average molecular weight is 181 g/mol. The summed E-state index contributed by atoms with van der Waals surface area (Å²) in [6, 6.07) is 0.767. The Morgan fingerprint density at radius 2 is 1.69 bits per heavy atom. The van der Waals surface area contributed by atoms with Crippen molar-refractivity contribution < 1.29 is 0 Å². The fourth-order valence-electron chi connectivity index (χ4n) is 3.10. The Kier molecular flexibility index (Phi) is 2.92. The summed E-state index contributed by atoms with van der Waals surface area (Å²) in [6.07, 6.45) is 7.50. The molecule has 1 saturated heterocycles. The molecule has 0 unspecified atom stereocenters. The zero-order chi connectivity index (χ0) is 9.26. The van der Waals surface area contributed by atoms with Crippen LogP contribution in [0.5, 0.6) is 0 Å². The first-order valence-electron chi connectivity index (χ1n) is 6.01. The average Bonchev–Trinajstić information content (AvgIpc) is 2.17. The van der Waals surface area contributed by atoms with Gasteiger partial charge in [0.15, 0.2) is 0 Å². The van der Waals surface area contributed by atoms with E-state index in [1.807, 2.05) is 0 Å². The molecular formula is C12H23N. The SMILES string of the molecule is CC(C)N1CC[C@@H]2CCCC[C@@H]2C1. The van der Waals surface area contributed by atoms with E-state index in [-0.39, 0.29) is 0 Å². The molecule has 2 atom stereocenters. The predicted octanol–water partition coefficient (Wildman–Crippen LogP) is 2.91. The van der Waals surface area contributed by atoms with Crippen LogP contribution in [0.15, 0.2) is 0 Å². The molecule has 0 spiro atoms. The minimum Gasteiger partial charge on any atom is -0.301 e. The minimum absolute atomic E-state index is 0.767. The molecule has 0 aromatic heterocycles. The number of piperidine rings is 1. The van der Waals surface area contributed by atoms with E-state index in [2.05, 4.69) is 18.7 Å². The highest BCUT2D eigenvalue weighted by Gasteiger charge is 2.31. The van der Waals surface area contributed by atoms with Gasteiger partial charge in [-0.3, -0.25) is 0 Å². The first-order chi connectivity index (χ1) is 6.27. The van der Waals surface area contributed by atoms with Crippen LogP contribution in [0.25, 0.3) is 0 Å². The third kappa shape index (κ3) is 2.07. The third-order valence-corrected chi connectivity index (χ3v) is 4.05. The van der Waals surface area contributed by atoms with Gasteiger partial charge in [0.25, 0.3) is 0 Å². The van der Waals surface area contributed by atoms with Crippen molar-refractivity contribution in [1.82, 2.24) is 4.90 Å². The van der Waals surface area contributed by atoms with Gasteiger partial charge in [0.1, 0.15) is 0 Å². The first-order valence-corrected chi connectivity index (χ1v) is 6.01. The fraction of sp³-hybridized carbons (Fsp3) is 1.00. The Morgan fingerprint density at radius 3 is 2.38 bits per heavy atom. The van der Waals surface area contributed by atoms with Crippen molar-refractivity contribution in [2.45, 2.75) is 52.0 Å². The number of hydrogen-bond donors (Lipinski definition) is 0. The van der Waals surface area contributed by atoms with Crippen LogP contribution in [0.1, 0.15) is 46.0 Å². The molecule has 0 amide bonds. The van der Waals surface area contributed by atoms with Crippen molar-refractivity contribution in [2.24, 2.45) is 11.8 Å². The van der Waals surface area contributed by atoms with Gasteiger partial charge in [-0.05, 0) is 45.1 Å². The van der Waals surface area contributed by atoms with Crippen LogP contribution >= 0.6 is 0 Å². The highest BCUT2D eigenvalue weighted by Crippen LogP contribution is 2.36. The lowest BCUT2D eigenvalue weighted by Crippen LogP contribution is -2.44. The van der Waals surface area contributed by atoms with E-state index in [1.165, 1.54) is 45.2 Å². The molecule has 1 aliphatic heterocycles. The zero-order valence-electron chi connectivity index (χ0n) is 9.13. The molecule has 0 aromatic rings. The lowest BCUT2D eigenvalue weighted by molar-refractivity contribution is 0.0669. The minimum atomic E-state index is 0.767. The van der Waals surface area contributed by atoms with Gasteiger partial charge in [-0.25, -0.2) is 0 Å². The number of fused-ring (bicyclic) bond motifs is 1. The van der Waals surface area contributed by atoms with Crippen molar-refractivity contribution in [3.05, 3.63) is 0 Å². The van der Waals surface area contributed by atoms with E-state index in [4.69, 9.17) is 0 Å². The van der Waals surface area contributed by atoms with E-state index in [9.17, 15) is 0 Å². The Balaban J connectivity index is 1.91. The Morgan fingerprint density at radius 1 is 1.00 bits per heavy atom. The largest absolute Gasteiger partial charge is 0.301 e. The summed E-state index contributed by atoms with van der Waals surface area (Å²) in [5, 5.41) is 0. The van der Waals surface area contributed by atoms with Crippen LogP contribution in [0.4, 0.5) is 0 Å². The number of rotatable bonds is 1. The third-order valence-electron chi connectivity index (χ3n) is 4.05. The van der Waals surface area contributed by atoms with Gasteiger partial charge in [0, 0.05) is 12.6 Å². The molecule has 0 radical (unpaired) electrons. The molecule has 0 N–H and O–H groups in total. The van der Waals surface area contributed by atoms with Crippen molar-refractivity contribution in [1.29, 1.82) is 0 Å². The molecule has 2 rings (SSSR count). The monoisotopic (exact) mass is 181 g/mol. The normalized spacial score (nSPS) is 36.2. The summed E-state index contributed by atoms with van der Waals surface area (Å²) in [6.45, 7) is 7.42. The van der Waals surface area contributed by atoms with Gasteiger partial charge in [0.05, 0.1) is 0 Å². The summed E-state index contributed by atoms with van der Waals surface area (Å²) in [5.41, 5.74) is 0. The van der Waals surface area contributed by atoms with Gasteiger partial charge in [-0.1, -0.05) is 19.3 Å². The van der Waals surface area contributed by atoms with Crippen LogP contribution in [0.3, 0.4) is 0 Å².